The van der Waals surface area contributed by atoms with Crippen LogP contribution in [0.4, 0.5) is 0 Å². The molecule has 5 heteroatoms. The molecule has 0 saturated heterocycles. The molecule has 0 spiro atoms. The quantitative estimate of drug-likeness (QED) is 0.898. The summed E-state index contributed by atoms with van der Waals surface area (Å²) in [6.45, 7) is 6.06. The zero-order chi connectivity index (χ0) is 14.7. The summed E-state index contributed by atoms with van der Waals surface area (Å²) in [4.78, 5) is 18.9. The Morgan fingerprint density at radius 2 is 2.20 bits per heavy atom. The lowest BCUT2D eigenvalue weighted by molar-refractivity contribution is 0.0694. The molecule has 0 aliphatic carbocycles. The van der Waals surface area contributed by atoms with E-state index in [2.05, 4.69) is 9.97 Å². The highest BCUT2D eigenvalue weighted by Gasteiger charge is 2.16. The molecule has 1 aromatic carbocycles. The van der Waals surface area contributed by atoms with Crippen molar-refractivity contribution in [3.63, 3.8) is 0 Å². The third-order valence-corrected chi connectivity index (χ3v) is 3.03. The van der Waals surface area contributed by atoms with Gasteiger partial charge in [-0.2, -0.15) is 4.98 Å². The molecular formula is C15H18N2O3. The van der Waals surface area contributed by atoms with E-state index in [9.17, 15) is 9.90 Å². The van der Waals surface area contributed by atoms with Crippen molar-refractivity contribution in [1.82, 2.24) is 9.97 Å². The average Bonchev–Trinajstić information content (AvgIpc) is 2.38. The fourth-order valence-corrected chi connectivity index (χ4v) is 2.06. The van der Waals surface area contributed by atoms with Gasteiger partial charge in [0.15, 0.2) is 0 Å². The van der Waals surface area contributed by atoms with Crippen LogP contribution in [0.25, 0.3) is 11.1 Å². The van der Waals surface area contributed by atoms with E-state index in [-0.39, 0.29) is 23.1 Å². The van der Waals surface area contributed by atoms with Crippen LogP contribution in [0.3, 0.4) is 0 Å². The molecular weight excluding hydrogens is 256 g/mol. The van der Waals surface area contributed by atoms with Gasteiger partial charge in [-0.3, -0.25) is 4.79 Å². The first-order chi connectivity index (χ1) is 9.52. The number of nitrogens with one attached hydrogen (secondary N) is 1. The topological polar surface area (TPSA) is 75.2 Å². The number of aromatic nitrogens is 2. The maximum absolute atomic E-state index is 12.2. The lowest BCUT2D eigenvalue weighted by Crippen LogP contribution is -2.16. The lowest BCUT2D eigenvalue weighted by atomic mass is 10.1. The van der Waals surface area contributed by atoms with Crippen LogP contribution in [-0.2, 0) is 4.74 Å². The van der Waals surface area contributed by atoms with Crippen LogP contribution in [0, 0.1) is 6.92 Å². The standard InChI is InChI=1S/C15H18N2O3/c1-4-20-10(3)13-16-14(18)12(15(19)17-13)11-7-5-6-9(2)8-11/h5-8,10H,4H2,1-3H3,(H2,16,17,18,19). The van der Waals surface area contributed by atoms with Crippen LogP contribution >= 0.6 is 0 Å². The van der Waals surface area contributed by atoms with E-state index >= 15 is 0 Å². The van der Waals surface area contributed by atoms with Crippen LogP contribution in [-0.4, -0.2) is 21.7 Å². The first kappa shape index (κ1) is 14.3. The summed E-state index contributed by atoms with van der Waals surface area (Å²) in [6.07, 6.45) is -0.370. The molecule has 0 amide bonds. The van der Waals surface area contributed by atoms with Gasteiger partial charge in [-0.1, -0.05) is 29.8 Å². The zero-order valence-corrected chi connectivity index (χ0v) is 11.8. The molecule has 1 unspecified atom stereocenters. The van der Waals surface area contributed by atoms with Gasteiger partial charge in [-0.15, -0.1) is 0 Å². The van der Waals surface area contributed by atoms with E-state index in [4.69, 9.17) is 4.74 Å². The fourth-order valence-electron chi connectivity index (χ4n) is 2.06. The van der Waals surface area contributed by atoms with Crippen molar-refractivity contribution in [2.45, 2.75) is 26.9 Å². The Kier molecular flexibility index (Phi) is 4.20. The van der Waals surface area contributed by atoms with Gasteiger partial charge < -0.3 is 14.8 Å². The van der Waals surface area contributed by atoms with Gasteiger partial charge >= 0.3 is 0 Å². The second-order valence-electron chi connectivity index (χ2n) is 4.62. The number of nitrogens with zero attached hydrogens (tertiary/aromatic N) is 1. The summed E-state index contributed by atoms with van der Waals surface area (Å²) >= 11 is 0. The maximum atomic E-state index is 12.2. The number of hydrogen-bond donors (Lipinski definition) is 2. The molecule has 20 heavy (non-hydrogen) atoms. The van der Waals surface area contributed by atoms with Crippen LogP contribution < -0.4 is 5.56 Å². The second kappa shape index (κ2) is 5.88. The van der Waals surface area contributed by atoms with Crippen molar-refractivity contribution in [1.29, 1.82) is 0 Å². The van der Waals surface area contributed by atoms with E-state index < -0.39 is 0 Å². The third kappa shape index (κ3) is 2.88. The number of hydrogen-bond acceptors (Lipinski definition) is 4. The number of ether oxygens (including phenoxy) is 1. The van der Waals surface area contributed by atoms with E-state index in [1.165, 1.54) is 0 Å². The van der Waals surface area contributed by atoms with Crippen molar-refractivity contribution in [2.24, 2.45) is 0 Å². The zero-order valence-electron chi connectivity index (χ0n) is 11.8. The lowest BCUT2D eigenvalue weighted by Gasteiger charge is -2.12. The average molecular weight is 274 g/mol. The SMILES string of the molecule is CCOC(C)c1nc(O)c(-c2cccc(C)c2)c(=O)[nH]1. The second-order valence-corrected chi connectivity index (χ2v) is 4.62. The van der Waals surface area contributed by atoms with Gasteiger partial charge in [0.1, 0.15) is 17.5 Å². The van der Waals surface area contributed by atoms with E-state index in [1.54, 1.807) is 13.0 Å². The minimum Gasteiger partial charge on any atom is -0.493 e. The monoisotopic (exact) mass is 274 g/mol. The van der Waals surface area contributed by atoms with Crippen LogP contribution in [0.1, 0.15) is 31.3 Å². The molecule has 2 N–H and O–H groups in total. The van der Waals surface area contributed by atoms with Gasteiger partial charge in [0.25, 0.3) is 5.56 Å². The Balaban J connectivity index is 2.49. The number of aryl methyl sites for hydroxylation is 1. The van der Waals surface area contributed by atoms with Crippen molar-refractivity contribution >= 4 is 0 Å². The van der Waals surface area contributed by atoms with E-state index in [0.29, 0.717) is 18.0 Å². The Labute approximate surface area is 117 Å². The third-order valence-electron chi connectivity index (χ3n) is 3.03. The number of aromatic hydroxyl groups is 1. The molecule has 1 heterocycles. The highest BCUT2D eigenvalue weighted by atomic mass is 16.5. The number of aromatic amines is 1. The Morgan fingerprint density at radius 1 is 1.45 bits per heavy atom. The van der Waals surface area contributed by atoms with Crippen molar-refractivity contribution < 1.29 is 9.84 Å². The summed E-state index contributed by atoms with van der Waals surface area (Å²) in [5.74, 6) is 0.0478. The summed E-state index contributed by atoms with van der Waals surface area (Å²) < 4.78 is 5.36. The Morgan fingerprint density at radius 3 is 2.80 bits per heavy atom. The van der Waals surface area contributed by atoms with E-state index in [0.717, 1.165) is 5.56 Å². The van der Waals surface area contributed by atoms with Crippen LogP contribution in [0.15, 0.2) is 29.1 Å². The minimum absolute atomic E-state index is 0.182. The molecule has 2 aromatic rings. The Hall–Kier alpha value is -2.14. The molecule has 1 atom stereocenters. The van der Waals surface area contributed by atoms with Crippen LogP contribution in [0.5, 0.6) is 5.88 Å². The smallest absolute Gasteiger partial charge is 0.262 e. The molecule has 0 saturated carbocycles. The van der Waals surface area contributed by atoms with Crippen molar-refractivity contribution in [3.8, 4) is 17.0 Å². The highest BCUT2D eigenvalue weighted by molar-refractivity contribution is 5.67. The molecule has 2 rings (SSSR count). The fraction of sp³-hybridized carbons (Fsp3) is 0.333. The van der Waals surface area contributed by atoms with E-state index in [1.807, 2.05) is 32.0 Å². The van der Waals surface area contributed by atoms with Crippen molar-refractivity contribution in [3.05, 3.63) is 46.0 Å². The first-order valence-corrected chi connectivity index (χ1v) is 6.54. The van der Waals surface area contributed by atoms with Gasteiger partial charge in [-0.05, 0) is 26.3 Å². The number of benzene rings is 1. The molecule has 0 fully saturated rings. The van der Waals surface area contributed by atoms with Gasteiger partial charge in [0, 0.05) is 6.61 Å². The minimum atomic E-state index is -0.371. The number of rotatable bonds is 4. The largest absolute Gasteiger partial charge is 0.493 e. The molecule has 106 valence electrons. The van der Waals surface area contributed by atoms with Gasteiger partial charge in [-0.25, -0.2) is 0 Å². The molecule has 0 radical (unpaired) electrons. The van der Waals surface area contributed by atoms with Crippen molar-refractivity contribution in [2.75, 3.05) is 6.61 Å². The van der Waals surface area contributed by atoms with Gasteiger partial charge in [0.2, 0.25) is 5.88 Å². The molecule has 5 nitrogen and oxygen atoms in total. The summed E-state index contributed by atoms with van der Waals surface area (Å²) in [6, 6.07) is 7.36. The first-order valence-electron chi connectivity index (χ1n) is 6.54. The summed E-state index contributed by atoms with van der Waals surface area (Å²) in [7, 11) is 0. The molecule has 0 bridgehead atoms. The molecule has 0 aliphatic heterocycles. The highest BCUT2D eigenvalue weighted by Crippen LogP contribution is 2.25. The predicted molar refractivity (Wildman–Crippen MR) is 76.7 cm³/mol. The summed E-state index contributed by atoms with van der Waals surface area (Å²) in [5.41, 5.74) is 1.46. The molecule has 0 aliphatic rings. The summed E-state index contributed by atoms with van der Waals surface area (Å²) in [5, 5.41) is 10.0. The predicted octanol–water partition coefficient (Wildman–Crippen LogP) is 2.55. The normalized spacial score (nSPS) is 12.3. The Bertz CT molecular complexity index is 664. The maximum Gasteiger partial charge on any atom is 0.262 e. The van der Waals surface area contributed by atoms with Crippen LogP contribution in [0.2, 0.25) is 0 Å². The number of H-pyrrole nitrogens is 1. The molecule has 1 aromatic heterocycles. The van der Waals surface area contributed by atoms with Gasteiger partial charge in [0.05, 0.1) is 0 Å².